The number of nitrogens with two attached hydrogens (primary N) is 1. The normalized spacial score (nSPS) is 15.2. The van der Waals surface area contributed by atoms with Gasteiger partial charge in [0, 0.05) is 10.9 Å². The summed E-state index contributed by atoms with van der Waals surface area (Å²) in [7, 11) is 0. The standard InChI is InChI=1S/C15H17NO2S/c16-12(15-2-1-9-19-15)5-3-11-4-6-13-14(10-11)18-8-7-17-13/h1-2,4,6,9-10,12H,3,5,7-8,16H2. The van der Waals surface area contributed by atoms with Crippen LogP contribution in [0.1, 0.15) is 22.9 Å². The average molecular weight is 275 g/mol. The van der Waals surface area contributed by atoms with E-state index >= 15 is 0 Å². The van der Waals surface area contributed by atoms with Gasteiger partial charge in [-0.1, -0.05) is 12.1 Å². The summed E-state index contributed by atoms with van der Waals surface area (Å²) in [5, 5.41) is 2.07. The molecule has 2 aromatic rings. The van der Waals surface area contributed by atoms with Gasteiger partial charge in [0.1, 0.15) is 13.2 Å². The fourth-order valence-electron chi connectivity index (χ4n) is 2.21. The van der Waals surface area contributed by atoms with E-state index in [0.717, 1.165) is 24.3 Å². The molecule has 1 aromatic carbocycles. The third-order valence-electron chi connectivity index (χ3n) is 3.26. The first-order valence-corrected chi connectivity index (χ1v) is 7.38. The van der Waals surface area contributed by atoms with Gasteiger partial charge in [0.2, 0.25) is 0 Å². The van der Waals surface area contributed by atoms with Gasteiger partial charge in [-0.05, 0) is 42.0 Å². The zero-order valence-electron chi connectivity index (χ0n) is 10.7. The van der Waals surface area contributed by atoms with E-state index < -0.39 is 0 Å². The highest BCUT2D eigenvalue weighted by molar-refractivity contribution is 7.10. The van der Waals surface area contributed by atoms with Crippen molar-refractivity contribution in [1.82, 2.24) is 0 Å². The molecule has 1 unspecified atom stereocenters. The van der Waals surface area contributed by atoms with E-state index in [4.69, 9.17) is 15.2 Å². The summed E-state index contributed by atoms with van der Waals surface area (Å²) in [4.78, 5) is 1.25. The highest BCUT2D eigenvalue weighted by atomic mass is 32.1. The average Bonchev–Trinajstić information content (AvgIpc) is 2.99. The molecule has 1 aliphatic heterocycles. The Hall–Kier alpha value is -1.52. The zero-order chi connectivity index (χ0) is 13.1. The SMILES string of the molecule is NC(CCc1ccc2c(c1)OCCO2)c1cccs1. The maximum absolute atomic E-state index is 6.18. The first-order valence-electron chi connectivity index (χ1n) is 6.50. The minimum Gasteiger partial charge on any atom is -0.486 e. The van der Waals surface area contributed by atoms with Crippen LogP contribution in [0.15, 0.2) is 35.7 Å². The van der Waals surface area contributed by atoms with Crippen LogP contribution in [-0.4, -0.2) is 13.2 Å². The van der Waals surface area contributed by atoms with Gasteiger partial charge in [0.05, 0.1) is 0 Å². The van der Waals surface area contributed by atoms with Gasteiger partial charge in [-0.25, -0.2) is 0 Å². The molecule has 0 saturated heterocycles. The summed E-state index contributed by atoms with van der Waals surface area (Å²) in [6, 6.07) is 10.4. The van der Waals surface area contributed by atoms with Crippen molar-refractivity contribution >= 4 is 11.3 Å². The topological polar surface area (TPSA) is 44.5 Å². The predicted molar refractivity (Wildman–Crippen MR) is 77.0 cm³/mol. The van der Waals surface area contributed by atoms with Crippen molar-refractivity contribution in [3.05, 3.63) is 46.2 Å². The lowest BCUT2D eigenvalue weighted by Crippen LogP contribution is -2.15. The van der Waals surface area contributed by atoms with Crippen LogP contribution in [0.2, 0.25) is 0 Å². The second-order valence-electron chi connectivity index (χ2n) is 4.64. The number of aryl methyl sites for hydroxylation is 1. The summed E-state index contributed by atoms with van der Waals surface area (Å²) in [6.07, 6.45) is 1.90. The highest BCUT2D eigenvalue weighted by Gasteiger charge is 2.12. The first-order chi connectivity index (χ1) is 9.33. The first kappa shape index (κ1) is 12.5. The molecule has 0 saturated carbocycles. The van der Waals surface area contributed by atoms with E-state index in [1.807, 2.05) is 12.1 Å². The number of hydrogen-bond donors (Lipinski definition) is 1. The Balaban J connectivity index is 1.64. The Morgan fingerprint density at radius 2 is 2.00 bits per heavy atom. The van der Waals surface area contributed by atoms with Crippen molar-refractivity contribution in [2.75, 3.05) is 13.2 Å². The molecule has 0 bridgehead atoms. The summed E-state index contributed by atoms with van der Waals surface area (Å²) in [5.41, 5.74) is 7.43. The molecule has 0 amide bonds. The van der Waals surface area contributed by atoms with E-state index in [9.17, 15) is 0 Å². The summed E-state index contributed by atoms with van der Waals surface area (Å²) < 4.78 is 11.1. The van der Waals surface area contributed by atoms with Crippen LogP contribution in [-0.2, 0) is 6.42 Å². The molecule has 1 atom stereocenters. The Kier molecular flexibility index (Phi) is 3.71. The second kappa shape index (κ2) is 5.63. The Morgan fingerprint density at radius 1 is 1.16 bits per heavy atom. The second-order valence-corrected chi connectivity index (χ2v) is 5.62. The highest BCUT2D eigenvalue weighted by Crippen LogP contribution is 2.31. The lowest BCUT2D eigenvalue weighted by atomic mass is 10.0. The molecule has 0 aliphatic carbocycles. The van der Waals surface area contributed by atoms with E-state index in [-0.39, 0.29) is 6.04 Å². The summed E-state index contributed by atoms with van der Waals surface area (Å²) in [5.74, 6) is 1.70. The van der Waals surface area contributed by atoms with Crippen molar-refractivity contribution in [1.29, 1.82) is 0 Å². The van der Waals surface area contributed by atoms with Crippen LogP contribution in [0.4, 0.5) is 0 Å². The van der Waals surface area contributed by atoms with Gasteiger partial charge < -0.3 is 15.2 Å². The minimum absolute atomic E-state index is 0.119. The van der Waals surface area contributed by atoms with Gasteiger partial charge in [0.15, 0.2) is 11.5 Å². The number of thiophene rings is 1. The lowest BCUT2D eigenvalue weighted by Gasteiger charge is -2.19. The van der Waals surface area contributed by atoms with Crippen LogP contribution < -0.4 is 15.2 Å². The number of benzene rings is 1. The van der Waals surface area contributed by atoms with E-state index in [1.54, 1.807) is 11.3 Å². The number of rotatable bonds is 4. The maximum Gasteiger partial charge on any atom is 0.161 e. The van der Waals surface area contributed by atoms with Gasteiger partial charge in [0.25, 0.3) is 0 Å². The molecule has 2 heterocycles. The molecule has 3 nitrogen and oxygen atoms in total. The van der Waals surface area contributed by atoms with Gasteiger partial charge in [-0.15, -0.1) is 11.3 Å². The van der Waals surface area contributed by atoms with Crippen molar-refractivity contribution in [3.8, 4) is 11.5 Å². The molecule has 4 heteroatoms. The third kappa shape index (κ3) is 2.91. The zero-order valence-corrected chi connectivity index (χ0v) is 11.5. The largest absolute Gasteiger partial charge is 0.486 e. The predicted octanol–water partition coefficient (Wildman–Crippen LogP) is 3.15. The fourth-order valence-corrected chi connectivity index (χ4v) is 2.97. The van der Waals surface area contributed by atoms with E-state index in [1.165, 1.54) is 10.4 Å². The molecule has 19 heavy (non-hydrogen) atoms. The number of ether oxygens (including phenoxy) is 2. The fraction of sp³-hybridized carbons (Fsp3) is 0.333. The Labute approximate surface area is 117 Å². The van der Waals surface area contributed by atoms with Crippen LogP contribution in [0, 0.1) is 0 Å². The summed E-state index contributed by atoms with van der Waals surface area (Å²) >= 11 is 1.72. The van der Waals surface area contributed by atoms with Crippen LogP contribution in [0.5, 0.6) is 11.5 Å². The molecule has 0 fully saturated rings. The number of hydrogen-bond acceptors (Lipinski definition) is 4. The maximum atomic E-state index is 6.18. The summed E-state index contributed by atoms with van der Waals surface area (Å²) in [6.45, 7) is 1.26. The molecule has 100 valence electrons. The van der Waals surface area contributed by atoms with Gasteiger partial charge in [-0.3, -0.25) is 0 Å². The van der Waals surface area contributed by atoms with Gasteiger partial charge >= 0.3 is 0 Å². The van der Waals surface area contributed by atoms with Crippen molar-refractivity contribution in [2.45, 2.75) is 18.9 Å². The van der Waals surface area contributed by atoms with Gasteiger partial charge in [-0.2, -0.15) is 0 Å². The molecule has 1 aliphatic rings. The van der Waals surface area contributed by atoms with E-state index in [0.29, 0.717) is 13.2 Å². The van der Waals surface area contributed by atoms with E-state index in [2.05, 4.69) is 23.6 Å². The Bertz CT molecular complexity index is 539. The molecular formula is C15H17NO2S. The molecule has 1 aromatic heterocycles. The Morgan fingerprint density at radius 3 is 2.79 bits per heavy atom. The molecule has 3 rings (SSSR count). The minimum atomic E-state index is 0.119. The van der Waals surface area contributed by atoms with Crippen LogP contribution >= 0.6 is 11.3 Å². The molecule has 2 N–H and O–H groups in total. The third-order valence-corrected chi connectivity index (χ3v) is 4.26. The van der Waals surface area contributed by atoms with Crippen molar-refractivity contribution in [3.63, 3.8) is 0 Å². The van der Waals surface area contributed by atoms with Crippen molar-refractivity contribution < 1.29 is 9.47 Å². The quantitative estimate of drug-likeness (QED) is 0.932. The lowest BCUT2D eigenvalue weighted by molar-refractivity contribution is 0.171. The molecule has 0 spiro atoms. The molecular weight excluding hydrogens is 258 g/mol. The van der Waals surface area contributed by atoms with Crippen LogP contribution in [0.3, 0.4) is 0 Å². The monoisotopic (exact) mass is 275 g/mol. The van der Waals surface area contributed by atoms with Crippen molar-refractivity contribution in [2.24, 2.45) is 5.73 Å². The smallest absolute Gasteiger partial charge is 0.161 e. The van der Waals surface area contributed by atoms with Crippen LogP contribution in [0.25, 0.3) is 0 Å². The number of fused-ring (bicyclic) bond motifs is 1. The molecule has 0 radical (unpaired) electrons.